The molecule has 0 bridgehead atoms. The first-order valence-electron chi connectivity index (χ1n) is 7.55. The van der Waals surface area contributed by atoms with Crippen molar-refractivity contribution in [2.45, 2.75) is 12.8 Å². The summed E-state index contributed by atoms with van der Waals surface area (Å²) >= 11 is 0. The molecule has 0 spiro atoms. The van der Waals surface area contributed by atoms with Crippen LogP contribution in [0.25, 0.3) is 10.9 Å². The van der Waals surface area contributed by atoms with Crippen molar-refractivity contribution in [1.82, 2.24) is 4.98 Å². The summed E-state index contributed by atoms with van der Waals surface area (Å²) in [4.78, 5) is 25.8. The van der Waals surface area contributed by atoms with Gasteiger partial charge in [-0.1, -0.05) is 24.3 Å². The number of nitrogens with two attached hydrogens (primary N) is 1. The second-order valence-electron chi connectivity index (χ2n) is 5.76. The third-order valence-corrected chi connectivity index (χ3v) is 4.19. The fraction of sp³-hybridized carbons (Fsp3) is 0.167. The van der Waals surface area contributed by atoms with Crippen LogP contribution in [0.15, 0.2) is 48.7 Å². The van der Waals surface area contributed by atoms with Gasteiger partial charge in [-0.2, -0.15) is 0 Å². The second kappa shape index (κ2) is 6.16. The minimum absolute atomic E-state index is 0.159. The molecule has 0 saturated carbocycles. The van der Waals surface area contributed by atoms with Crippen molar-refractivity contribution < 1.29 is 9.72 Å². The molecule has 3 rings (SSSR count). The Bertz CT molecular complexity index is 930. The number of H-pyrrole nitrogens is 1. The number of ketones is 1. The van der Waals surface area contributed by atoms with Gasteiger partial charge in [0.05, 0.1) is 5.92 Å². The standard InChI is InChI=1S/C18H17N3O3/c1-11(22)14-8-12(6-7-17(14)19)16(10-21(23)24)15-9-20-18-5-3-2-4-13(15)18/h2-9,16,20H,10,19H2,1H3. The predicted octanol–water partition coefficient (Wildman–Crippen LogP) is 3.36. The lowest BCUT2D eigenvalue weighted by molar-refractivity contribution is -0.481. The van der Waals surface area contributed by atoms with Crippen LogP contribution in [0.1, 0.15) is 34.3 Å². The number of hydrogen-bond acceptors (Lipinski definition) is 4. The van der Waals surface area contributed by atoms with E-state index in [1.807, 2.05) is 24.3 Å². The maximum atomic E-state index is 11.7. The van der Waals surface area contributed by atoms with Crippen LogP contribution in [-0.4, -0.2) is 22.2 Å². The third-order valence-electron chi connectivity index (χ3n) is 4.19. The highest BCUT2D eigenvalue weighted by molar-refractivity contribution is 5.99. The zero-order valence-corrected chi connectivity index (χ0v) is 13.2. The number of carbonyl (C=O) groups excluding carboxylic acids is 1. The number of Topliss-reactive ketones (excluding diaryl/α,β-unsaturated/α-hetero) is 1. The first-order valence-corrected chi connectivity index (χ1v) is 7.55. The number of rotatable bonds is 5. The normalized spacial score (nSPS) is 12.2. The van der Waals surface area contributed by atoms with Crippen molar-refractivity contribution in [2.75, 3.05) is 12.3 Å². The molecule has 0 saturated heterocycles. The van der Waals surface area contributed by atoms with Gasteiger partial charge in [-0.15, -0.1) is 0 Å². The van der Waals surface area contributed by atoms with E-state index in [-0.39, 0.29) is 17.3 Å². The number of aromatic nitrogens is 1. The minimum atomic E-state index is -0.463. The summed E-state index contributed by atoms with van der Waals surface area (Å²) < 4.78 is 0. The van der Waals surface area contributed by atoms with E-state index >= 15 is 0 Å². The maximum Gasteiger partial charge on any atom is 0.214 e. The molecule has 3 N–H and O–H groups in total. The average molecular weight is 323 g/mol. The number of para-hydroxylation sites is 1. The third kappa shape index (κ3) is 2.86. The molecule has 0 fully saturated rings. The highest BCUT2D eigenvalue weighted by Crippen LogP contribution is 2.32. The summed E-state index contributed by atoms with van der Waals surface area (Å²) in [6, 6.07) is 12.7. The van der Waals surface area contributed by atoms with Gasteiger partial charge >= 0.3 is 0 Å². The molecule has 1 atom stereocenters. The molecule has 122 valence electrons. The largest absolute Gasteiger partial charge is 0.398 e. The molecule has 0 aliphatic heterocycles. The summed E-state index contributed by atoms with van der Waals surface area (Å²) in [5, 5.41) is 12.1. The van der Waals surface area contributed by atoms with E-state index in [1.165, 1.54) is 6.92 Å². The average Bonchev–Trinajstić information content (AvgIpc) is 2.96. The van der Waals surface area contributed by atoms with Crippen LogP contribution in [0, 0.1) is 10.1 Å². The Labute approximate surface area is 138 Å². The fourth-order valence-electron chi connectivity index (χ4n) is 3.01. The number of nitrogens with one attached hydrogen (secondary N) is 1. The van der Waals surface area contributed by atoms with Gasteiger partial charge in [-0.25, -0.2) is 0 Å². The summed E-state index contributed by atoms with van der Waals surface area (Å²) in [6.45, 7) is 1.17. The van der Waals surface area contributed by atoms with Crippen molar-refractivity contribution in [3.05, 3.63) is 75.5 Å². The number of nitrogen functional groups attached to an aromatic ring is 1. The summed E-state index contributed by atoms with van der Waals surface area (Å²) in [5.41, 5.74) is 9.07. The van der Waals surface area contributed by atoms with Crippen molar-refractivity contribution >= 4 is 22.4 Å². The fourth-order valence-corrected chi connectivity index (χ4v) is 3.01. The van der Waals surface area contributed by atoms with Gasteiger partial charge in [0.1, 0.15) is 0 Å². The molecule has 1 aromatic heterocycles. The molecular weight excluding hydrogens is 306 g/mol. The van der Waals surface area contributed by atoms with Crippen molar-refractivity contribution in [3.63, 3.8) is 0 Å². The van der Waals surface area contributed by atoms with E-state index in [4.69, 9.17) is 5.73 Å². The van der Waals surface area contributed by atoms with E-state index in [0.29, 0.717) is 16.8 Å². The van der Waals surface area contributed by atoms with E-state index in [2.05, 4.69) is 4.98 Å². The van der Waals surface area contributed by atoms with Crippen molar-refractivity contribution in [2.24, 2.45) is 0 Å². The molecule has 2 aromatic carbocycles. The Kier molecular flexibility index (Phi) is 4.04. The first-order chi connectivity index (χ1) is 11.5. The van der Waals surface area contributed by atoms with Gasteiger partial charge in [0.25, 0.3) is 0 Å². The Morgan fingerprint density at radius 1 is 1.29 bits per heavy atom. The number of nitrogens with zero attached hydrogens (tertiary/aromatic N) is 1. The SMILES string of the molecule is CC(=O)c1cc(C(C[N+](=O)[O-])c2c[nH]c3ccccc23)ccc1N. The lowest BCUT2D eigenvalue weighted by Crippen LogP contribution is -2.14. The molecule has 24 heavy (non-hydrogen) atoms. The highest BCUT2D eigenvalue weighted by atomic mass is 16.6. The van der Waals surface area contributed by atoms with Crippen LogP contribution >= 0.6 is 0 Å². The lowest BCUT2D eigenvalue weighted by Gasteiger charge is -2.15. The van der Waals surface area contributed by atoms with Crippen molar-refractivity contribution in [3.8, 4) is 0 Å². The molecule has 1 unspecified atom stereocenters. The number of hydrogen-bond donors (Lipinski definition) is 2. The van der Waals surface area contributed by atoms with Gasteiger partial charge in [0.15, 0.2) is 5.78 Å². The van der Waals surface area contributed by atoms with Gasteiger partial charge in [0, 0.05) is 33.3 Å². The second-order valence-corrected chi connectivity index (χ2v) is 5.76. The highest BCUT2D eigenvalue weighted by Gasteiger charge is 2.24. The number of benzene rings is 2. The summed E-state index contributed by atoms with van der Waals surface area (Å²) in [6.07, 6.45) is 1.79. The molecule has 0 aliphatic carbocycles. The maximum absolute atomic E-state index is 11.7. The molecule has 6 nitrogen and oxygen atoms in total. The van der Waals surface area contributed by atoms with Crippen LogP contribution < -0.4 is 5.73 Å². The smallest absolute Gasteiger partial charge is 0.214 e. The number of fused-ring (bicyclic) bond motifs is 1. The summed E-state index contributed by atoms with van der Waals surface area (Å²) in [7, 11) is 0. The molecule has 0 aliphatic rings. The molecule has 1 heterocycles. The van der Waals surface area contributed by atoms with Crippen LogP contribution in [0.2, 0.25) is 0 Å². The number of aromatic amines is 1. The van der Waals surface area contributed by atoms with Gasteiger partial charge in [0.2, 0.25) is 6.54 Å². The van der Waals surface area contributed by atoms with Crippen LogP contribution in [0.4, 0.5) is 5.69 Å². The zero-order chi connectivity index (χ0) is 17.3. The lowest BCUT2D eigenvalue weighted by atomic mass is 9.89. The molecular formula is C18H17N3O3. The van der Waals surface area contributed by atoms with E-state index in [9.17, 15) is 14.9 Å². The number of anilines is 1. The van der Waals surface area contributed by atoms with Crippen LogP contribution in [0.5, 0.6) is 0 Å². The van der Waals surface area contributed by atoms with E-state index in [1.54, 1.807) is 24.4 Å². The Morgan fingerprint density at radius 2 is 2.04 bits per heavy atom. The topological polar surface area (TPSA) is 102 Å². The summed E-state index contributed by atoms with van der Waals surface area (Å²) in [5.74, 6) is -0.622. The Balaban J connectivity index is 2.15. The van der Waals surface area contributed by atoms with Gasteiger partial charge in [-0.3, -0.25) is 14.9 Å². The number of nitro groups is 1. The van der Waals surface area contributed by atoms with Crippen molar-refractivity contribution in [1.29, 1.82) is 0 Å². The van der Waals surface area contributed by atoms with E-state index in [0.717, 1.165) is 16.5 Å². The van der Waals surface area contributed by atoms with E-state index < -0.39 is 5.92 Å². The van der Waals surface area contributed by atoms with Gasteiger partial charge < -0.3 is 10.7 Å². The molecule has 3 aromatic rings. The quantitative estimate of drug-likeness (QED) is 0.325. The van der Waals surface area contributed by atoms with Crippen LogP contribution in [-0.2, 0) is 0 Å². The van der Waals surface area contributed by atoms with Crippen LogP contribution in [0.3, 0.4) is 0 Å². The molecule has 0 radical (unpaired) electrons. The predicted molar refractivity (Wildman–Crippen MR) is 92.9 cm³/mol. The Hall–Kier alpha value is -3.15. The number of carbonyl (C=O) groups is 1. The molecule has 6 heteroatoms. The molecule has 0 amide bonds. The Morgan fingerprint density at radius 3 is 2.75 bits per heavy atom. The zero-order valence-electron chi connectivity index (χ0n) is 13.2. The monoisotopic (exact) mass is 323 g/mol. The minimum Gasteiger partial charge on any atom is -0.398 e. The first kappa shape index (κ1) is 15.7. The van der Waals surface area contributed by atoms with Gasteiger partial charge in [-0.05, 0) is 36.2 Å².